The van der Waals surface area contributed by atoms with E-state index in [1.807, 2.05) is 37.3 Å². The predicted molar refractivity (Wildman–Crippen MR) is 61.2 cm³/mol. The summed E-state index contributed by atoms with van der Waals surface area (Å²) < 4.78 is 1.43. The molecule has 0 aliphatic carbocycles. The minimum absolute atomic E-state index is 0.0735. The summed E-state index contributed by atoms with van der Waals surface area (Å²) >= 11 is 0. The molecule has 2 rings (SSSR count). The Bertz CT molecular complexity index is 595. The third-order valence-electron chi connectivity index (χ3n) is 2.38. The molecule has 0 amide bonds. The van der Waals surface area contributed by atoms with Crippen molar-refractivity contribution in [3.05, 3.63) is 35.5 Å². The molecule has 0 aliphatic heterocycles. The number of aldehydes is 1. The van der Waals surface area contributed by atoms with Gasteiger partial charge in [0.05, 0.1) is 6.07 Å². The maximum Gasteiger partial charge on any atom is 0.172 e. The van der Waals surface area contributed by atoms with Gasteiger partial charge >= 0.3 is 0 Å². The van der Waals surface area contributed by atoms with Crippen LogP contribution >= 0.6 is 0 Å². The molecule has 0 radical (unpaired) electrons. The second kappa shape index (κ2) is 4.58. The molecule has 0 saturated heterocycles. The largest absolute Gasteiger partial charge is 0.296 e. The molecule has 0 spiro atoms. The molecule has 5 heteroatoms. The zero-order chi connectivity index (χ0) is 12.3. The fourth-order valence-electron chi connectivity index (χ4n) is 1.67. The second-order valence-electron chi connectivity index (χ2n) is 3.63. The van der Waals surface area contributed by atoms with E-state index in [9.17, 15) is 4.79 Å². The van der Waals surface area contributed by atoms with Gasteiger partial charge in [0.2, 0.25) is 0 Å². The lowest BCUT2D eigenvalue weighted by Crippen LogP contribution is -2.01. The first-order chi connectivity index (χ1) is 8.26. The van der Waals surface area contributed by atoms with Crippen molar-refractivity contribution in [2.24, 2.45) is 0 Å². The van der Waals surface area contributed by atoms with Crippen LogP contribution in [0.3, 0.4) is 0 Å². The Labute approximate surface area is 98.3 Å². The molecule has 5 nitrogen and oxygen atoms in total. The van der Waals surface area contributed by atoms with Crippen molar-refractivity contribution in [2.45, 2.75) is 13.5 Å². The summed E-state index contributed by atoms with van der Waals surface area (Å²) in [5, 5.41) is 16.2. The van der Waals surface area contributed by atoms with Crippen LogP contribution in [0.15, 0.2) is 24.3 Å². The van der Waals surface area contributed by atoms with Crippen molar-refractivity contribution in [3.63, 3.8) is 0 Å². The molecule has 0 N–H and O–H groups in total. The molecule has 84 valence electrons. The normalized spacial score (nSPS) is 9.88. The molecule has 0 atom stereocenters. The van der Waals surface area contributed by atoms with Crippen LogP contribution in [0.5, 0.6) is 0 Å². The lowest BCUT2D eigenvalue weighted by atomic mass is 10.1. The van der Waals surface area contributed by atoms with E-state index in [1.165, 1.54) is 4.68 Å². The van der Waals surface area contributed by atoms with Crippen molar-refractivity contribution in [1.29, 1.82) is 5.26 Å². The van der Waals surface area contributed by atoms with Crippen molar-refractivity contribution in [3.8, 4) is 17.3 Å². The monoisotopic (exact) mass is 226 g/mol. The van der Waals surface area contributed by atoms with E-state index >= 15 is 0 Å². The van der Waals surface area contributed by atoms with Crippen LogP contribution in [0.2, 0.25) is 0 Å². The smallest absolute Gasteiger partial charge is 0.172 e. The Kier molecular flexibility index (Phi) is 2.97. The number of nitriles is 1. The first-order valence-electron chi connectivity index (χ1n) is 5.09. The molecule has 0 fully saturated rings. The Morgan fingerprint density at radius 2 is 2.35 bits per heavy atom. The predicted octanol–water partition coefficient (Wildman–Crippen LogP) is 1.59. The molecule has 0 saturated carbocycles. The number of carbonyl (C=O) groups is 1. The molecule has 0 aliphatic rings. The van der Waals surface area contributed by atoms with E-state index in [1.54, 1.807) is 0 Å². The summed E-state index contributed by atoms with van der Waals surface area (Å²) in [6, 6.07) is 9.64. The molecule has 1 heterocycles. The first-order valence-corrected chi connectivity index (χ1v) is 5.09. The highest BCUT2D eigenvalue weighted by molar-refractivity contribution is 5.83. The lowest BCUT2D eigenvalue weighted by molar-refractivity contribution is 0.111. The van der Waals surface area contributed by atoms with Gasteiger partial charge in [-0.3, -0.25) is 4.79 Å². The minimum atomic E-state index is 0.0735. The van der Waals surface area contributed by atoms with Crippen LogP contribution in [0.4, 0.5) is 0 Å². The summed E-state index contributed by atoms with van der Waals surface area (Å²) in [6.45, 7) is 2.03. The SMILES string of the molecule is Cc1cccc(-c2c(C=O)nnn2CC#N)c1. The van der Waals surface area contributed by atoms with Gasteiger partial charge in [-0.25, -0.2) is 4.68 Å². The average molecular weight is 226 g/mol. The van der Waals surface area contributed by atoms with Gasteiger partial charge < -0.3 is 0 Å². The first kappa shape index (κ1) is 11.0. The zero-order valence-corrected chi connectivity index (χ0v) is 9.29. The van der Waals surface area contributed by atoms with Crippen molar-refractivity contribution in [2.75, 3.05) is 0 Å². The zero-order valence-electron chi connectivity index (χ0n) is 9.29. The van der Waals surface area contributed by atoms with Crippen LogP contribution in [0.25, 0.3) is 11.3 Å². The minimum Gasteiger partial charge on any atom is -0.296 e. The van der Waals surface area contributed by atoms with Crippen molar-refractivity contribution < 1.29 is 4.79 Å². The van der Waals surface area contributed by atoms with Crippen LogP contribution < -0.4 is 0 Å². The topological polar surface area (TPSA) is 71.6 Å². The van der Waals surface area contributed by atoms with Crippen LogP contribution in [0.1, 0.15) is 16.1 Å². The summed E-state index contributed by atoms with van der Waals surface area (Å²) in [5.74, 6) is 0. The Balaban J connectivity index is 2.60. The van der Waals surface area contributed by atoms with Crippen LogP contribution in [0, 0.1) is 18.3 Å². The quantitative estimate of drug-likeness (QED) is 0.745. The number of aryl methyl sites for hydroxylation is 1. The van der Waals surface area contributed by atoms with E-state index in [2.05, 4.69) is 10.3 Å². The number of carbonyl (C=O) groups excluding carboxylic acids is 1. The van der Waals surface area contributed by atoms with E-state index < -0.39 is 0 Å². The third-order valence-corrected chi connectivity index (χ3v) is 2.38. The highest BCUT2D eigenvalue weighted by Crippen LogP contribution is 2.22. The molecule has 1 aromatic carbocycles. The van der Waals surface area contributed by atoms with Crippen LogP contribution in [-0.4, -0.2) is 21.3 Å². The highest BCUT2D eigenvalue weighted by atomic mass is 16.1. The van der Waals surface area contributed by atoms with E-state index in [4.69, 9.17) is 5.26 Å². The molecule has 1 aromatic heterocycles. The maximum absolute atomic E-state index is 10.9. The van der Waals surface area contributed by atoms with Gasteiger partial charge in [-0.2, -0.15) is 5.26 Å². The van der Waals surface area contributed by atoms with E-state index in [-0.39, 0.29) is 12.2 Å². The summed E-state index contributed by atoms with van der Waals surface area (Å²) in [6.07, 6.45) is 0.651. The fourth-order valence-corrected chi connectivity index (χ4v) is 1.67. The van der Waals surface area contributed by atoms with E-state index in [0.29, 0.717) is 12.0 Å². The Hall–Kier alpha value is -2.48. The number of hydrogen-bond acceptors (Lipinski definition) is 4. The number of aromatic nitrogens is 3. The molecule has 2 aromatic rings. The summed E-state index contributed by atoms with van der Waals surface area (Å²) in [7, 11) is 0. The second-order valence-corrected chi connectivity index (χ2v) is 3.63. The van der Waals surface area contributed by atoms with Gasteiger partial charge in [-0.05, 0) is 13.0 Å². The summed E-state index contributed by atoms with van der Waals surface area (Å²) in [5.41, 5.74) is 2.76. The number of benzene rings is 1. The van der Waals surface area contributed by atoms with Gasteiger partial charge in [-0.15, -0.1) is 5.10 Å². The maximum atomic E-state index is 10.9. The molecular weight excluding hydrogens is 216 g/mol. The molecular formula is C12H10N4O. The summed E-state index contributed by atoms with van der Waals surface area (Å²) in [4.78, 5) is 10.9. The number of rotatable bonds is 3. The van der Waals surface area contributed by atoms with Crippen molar-refractivity contribution in [1.82, 2.24) is 15.0 Å². The standard InChI is InChI=1S/C12H10N4O/c1-9-3-2-4-10(7-9)12-11(8-17)14-15-16(12)6-5-13/h2-4,7-8H,6H2,1H3. The van der Waals surface area contributed by atoms with Gasteiger partial charge in [0, 0.05) is 5.56 Å². The average Bonchev–Trinajstić information content (AvgIpc) is 2.72. The van der Waals surface area contributed by atoms with E-state index in [0.717, 1.165) is 11.1 Å². The van der Waals surface area contributed by atoms with Gasteiger partial charge in [0.15, 0.2) is 12.0 Å². The van der Waals surface area contributed by atoms with Gasteiger partial charge in [-0.1, -0.05) is 29.0 Å². The Morgan fingerprint density at radius 1 is 1.53 bits per heavy atom. The van der Waals surface area contributed by atoms with Crippen molar-refractivity contribution >= 4 is 6.29 Å². The van der Waals surface area contributed by atoms with Gasteiger partial charge in [0.25, 0.3) is 0 Å². The molecule has 0 bridgehead atoms. The van der Waals surface area contributed by atoms with Gasteiger partial charge in [0.1, 0.15) is 12.2 Å². The number of nitrogens with zero attached hydrogens (tertiary/aromatic N) is 4. The number of hydrogen-bond donors (Lipinski definition) is 0. The molecule has 17 heavy (non-hydrogen) atoms. The lowest BCUT2D eigenvalue weighted by Gasteiger charge is -2.04. The fraction of sp³-hybridized carbons (Fsp3) is 0.167. The molecule has 0 unspecified atom stereocenters. The Morgan fingerprint density at radius 3 is 3.00 bits per heavy atom. The highest BCUT2D eigenvalue weighted by Gasteiger charge is 2.13. The van der Waals surface area contributed by atoms with Crippen LogP contribution in [-0.2, 0) is 6.54 Å². The third kappa shape index (κ3) is 2.06.